The van der Waals surface area contributed by atoms with Crippen LogP contribution in [0.5, 0.6) is 0 Å². The second kappa shape index (κ2) is 4.24. The van der Waals surface area contributed by atoms with E-state index in [-0.39, 0.29) is 0 Å². The van der Waals surface area contributed by atoms with Gasteiger partial charge in [0.15, 0.2) is 0 Å². The van der Waals surface area contributed by atoms with Gasteiger partial charge in [-0.05, 0) is 59.9 Å². The molecule has 0 unspecified atom stereocenters. The third-order valence-corrected chi connectivity index (χ3v) is 5.36. The minimum atomic E-state index is 1.31. The van der Waals surface area contributed by atoms with Gasteiger partial charge in [-0.15, -0.1) is 0 Å². The van der Waals surface area contributed by atoms with Gasteiger partial charge < -0.3 is 0 Å². The summed E-state index contributed by atoms with van der Waals surface area (Å²) in [6.45, 7) is 0. The van der Waals surface area contributed by atoms with Crippen LogP contribution in [-0.2, 0) is 0 Å². The molecule has 0 atom stereocenters. The summed E-state index contributed by atoms with van der Waals surface area (Å²) in [6.07, 6.45) is 0. The largest absolute Gasteiger partial charge is 0.0616 e. The second-order valence-corrected chi connectivity index (χ2v) is 6.59. The van der Waals surface area contributed by atoms with Gasteiger partial charge in [-0.3, -0.25) is 0 Å². The van der Waals surface area contributed by atoms with Crippen LogP contribution in [0.25, 0.3) is 53.9 Å². The highest BCUT2D eigenvalue weighted by Gasteiger charge is 2.14. The predicted octanol–water partition coefficient (Wildman–Crippen LogP) is 6.89. The molecule has 24 heavy (non-hydrogen) atoms. The highest BCUT2D eigenvalue weighted by Crippen LogP contribution is 2.43. The van der Waals surface area contributed by atoms with E-state index in [0.717, 1.165) is 0 Å². The third-order valence-electron chi connectivity index (χ3n) is 5.36. The highest BCUT2D eigenvalue weighted by molar-refractivity contribution is 6.38. The molecule has 0 saturated carbocycles. The van der Waals surface area contributed by atoms with Gasteiger partial charge in [0.2, 0.25) is 0 Å². The van der Waals surface area contributed by atoms with Gasteiger partial charge in [0.1, 0.15) is 0 Å². The van der Waals surface area contributed by atoms with Gasteiger partial charge in [-0.2, -0.15) is 0 Å². The van der Waals surface area contributed by atoms with Crippen molar-refractivity contribution in [1.29, 1.82) is 0 Å². The molecule has 0 aromatic heterocycles. The smallest absolute Gasteiger partial charge is 0.00139 e. The molecule has 110 valence electrons. The Hall–Kier alpha value is -3.12. The number of fused-ring (bicyclic) bond motifs is 5. The van der Waals surface area contributed by atoms with E-state index in [0.29, 0.717) is 0 Å². The second-order valence-electron chi connectivity index (χ2n) is 6.59. The van der Waals surface area contributed by atoms with E-state index in [2.05, 4.69) is 84.9 Å². The van der Waals surface area contributed by atoms with Crippen molar-refractivity contribution in [1.82, 2.24) is 0 Å². The van der Waals surface area contributed by atoms with Crippen molar-refractivity contribution < 1.29 is 0 Å². The van der Waals surface area contributed by atoms with E-state index in [1.54, 1.807) is 0 Å². The average Bonchev–Trinajstić information content (AvgIpc) is 2.66. The predicted molar refractivity (Wildman–Crippen MR) is 105 cm³/mol. The zero-order valence-electron chi connectivity index (χ0n) is 13.1. The lowest BCUT2D eigenvalue weighted by Gasteiger charge is -2.16. The van der Waals surface area contributed by atoms with Crippen LogP contribution in [0.2, 0.25) is 0 Å². The van der Waals surface area contributed by atoms with Gasteiger partial charge in [0.25, 0.3) is 0 Å². The molecule has 6 rings (SSSR count). The summed E-state index contributed by atoms with van der Waals surface area (Å²) < 4.78 is 0. The van der Waals surface area contributed by atoms with Crippen molar-refractivity contribution in [2.45, 2.75) is 0 Å². The Kier molecular flexibility index (Phi) is 2.18. The van der Waals surface area contributed by atoms with E-state index in [1.165, 1.54) is 53.9 Å². The third kappa shape index (κ3) is 1.39. The molecule has 0 aliphatic heterocycles. The standard InChI is InChI=1S/C24H14/c1-2-8-18-16(6-1)14-17-13-12-15-7-5-11-20-19-9-3-4-10-21(19)24(18)23(17)22(15)20/h1-14H. The minimum absolute atomic E-state index is 1.31. The van der Waals surface area contributed by atoms with Crippen LogP contribution in [-0.4, -0.2) is 0 Å². The van der Waals surface area contributed by atoms with E-state index in [4.69, 9.17) is 0 Å². The van der Waals surface area contributed by atoms with E-state index >= 15 is 0 Å². The van der Waals surface area contributed by atoms with E-state index in [1.807, 2.05) is 0 Å². The van der Waals surface area contributed by atoms with Crippen molar-refractivity contribution >= 4 is 53.9 Å². The van der Waals surface area contributed by atoms with Crippen molar-refractivity contribution in [3.63, 3.8) is 0 Å². The average molecular weight is 302 g/mol. The molecular weight excluding hydrogens is 288 g/mol. The molecule has 0 saturated heterocycles. The van der Waals surface area contributed by atoms with Gasteiger partial charge >= 0.3 is 0 Å². The summed E-state index contributed by atoms with van der Waals surface area (Å²) in [5.41, 5.74) is 0. The molecule has 0 radical (unpaired) electrons. The molecule has 0 N–H and O–H groups in total. The minimum Gasteiger partial charge on any atom is -0.0616 e. The topological polar surface area (TPSA) is 0 Å². The SMILES string of the molecule is c1ccc2c(c1)cc1ccc3cccc4c5ccccc5c2c1c34. The van der Waals surface area contributed by atoms with Crippen LogP contribution in [0.15, 0.2) is 84.9 Å². The first kappa shape index (κ1) is 12.3. The van der Waals surface area contributed by atoms with E-state index < -0.39 is 0 Å². The van der Waals surface area contributed by atoms with Gasteiger partial charge in [0, 0.05) is 0 Å². The monoisotopic (exact) mass is 302 g/mol. The van der Waals surface area contributed by atoms with Gasteiger partial charge in [-0.1, -0.05) is 78.9 Å². The number of hydrogen-bond donors (Lipinski definition) is 0. The summed E-state index contributed by atoms with van der Waals surface area (Å²) >= 11 is 0. The van der Waals surface area contributed by atoms with Crippen LogP contribution in [0.3, 0.4) is 0 Å². The molecule has 0 heterocycles. The first-order valence-electron chi connectivity index (χ1n) is 8.39. The summed E-state index contributed by atoms with van der Waals surface area (Å²) in [7, 11) is 0. The highest BCUT2D eigenvalue weighted by atomic mass is 14.2. The fourth-order valence-corrected chi connectivity index (χ4v) is 4.38. The summed E-state index contributed by atoms with van der Waals surface area (Å²) in [5, 5.41) is 13.6. The van der Waals surface area contributed by atoms with Gasteiger partial charge in [0.05, 0.1) is 0 Å². The number of rotatable bonds is 0. The molecule has 0 spiro atoms. The van der Waals surface area contributed by atoms with Crippen LogP contribution < -0.4 is 0 Å². The lowest BCUT2D eigenvalue weighted by Crippen LogP contribution is -1.88. The molecule has 0 fully saturated rings. The Labute approximate surface area is 139 Å². The summed E-state index contributed by atoms with van der Waals surface area (Å²) in [4.78, 5) is 0. The molecule has 0 aliphatic carbocycles. The lowest BCUT2D eigenvalue weighted by molar-refractivity contribution is 1.78. The summed E-state index contributed by atoms with van der Waals surface area (Å²) in [5.74, 6) is 0. The Bertz CT molecular complexity index is 1380. The molecule has 6 aromatic carbocycles. The first-order valence-corrected chi connectivity index (χ1v) is 8.39. The molecule has 6 aromatic rings. The quantitative estimate of drug-likeness (QED) is 0.212. The molecule has 0 nitrogen and oxygen atoms in total. The first-order chi connectivity index (χ1) is 11.9. The fourth-order valence-electron chi connectivity index (χ4n) is 4.38. The maximum atomic E-state index is 2.33. The zero-order chi connectivity index (χ0) is 15.7. The maximum Gasteiger partial charge on any atom is -0.00139 e. The number of benzene rings is 6. The van der Waals surface area contributed by atoms with Crippen LogP contribution >= 0.6 is 0 Å². The number of hydrogen-bond acceptors (Lipinski definition) is 0. The molecule has 0 amide bonds. The van der Waals surface area contributed by atoms with Crippen LogP contribution in [0.4, 0.5) is 0 Å². The van der Waals surface area contributed by atoms with Crippen molar-refractivity contribution in [3.05, 3.63) is 84.9 Å². The van der Waals surface area contributed by atoms with Crippen LogP contribution in [0.1, 0.15) is 0 Å². The Morgan fingerprint density at radius 1 is 0.333 bits per heavy atom. The normalized spacial score (nSPS) is 12.2. The Morgan fingerprint density at radius 3 is 1.88 bits per heavy atom. The molecular formula is C24H14. The molecule has 0 bridgehead atoms. The molecule has 0 aliphatic rings. The van der Waals surface area contributed by atoms with Crippen LogP contribution in [0, 0.1) is 0 Å². The maximum absolute atomic E-state index is 2.33. The zero-order valence-corrected chi connectivity index (χ0v) is 13.1. The van der Waals surface area contributed by atoms with E-state index in [9.17, 15) is 0 Å². The van der Waals surface area contributed by atoms with Gasteiger partial charge in [-0.25, -0.2) is 0 Å². The Balaban J connectivity index is 2.15. The summed E-state index contributed by atoms with van der Waals surface area (Å²) in [6, 6.07) is 31.1. The fraction of sp³-hybridized carbons (Fsp3) is 0. The Morgan fingerprint density at radius 2 is 0.958 bits per heavy atom. The van der Waals surface area contributed by atoms with Crippen molar-refractivity contribution in [3.8, 4) is 0 Å². The van der Waals surface area contributed by atoms with Crippen molar-refractivity contribution in [2.24, 2.45) is 0 Å². The molecule has 0 heteroatoms. The van der Waals surface area contributed by atoms with Crippen molar-refractivity contribution in [2.75, 3.05) is 0 Å². The lowest BCUT2D eigenvalue weighted by atomic mass is 9.87.